The van der Waals surface area contributed by atoms with Gasteiger partial charge in [-0.15, -0.1) is 0 Å². The zero-order valence-corrected chi connectivity index (χ0v) is 11.6. The molecule has 0 atom stereocenters. The van der Waals surface area contributed by atoms with Crippen LogP contribution in [0.5, 0.6) is 0 Å². The fourth-order valence-corrected chi connectivity index (χ4v) is 2.42. The van der Waals surface area contributed by atoms with Gasteiger partial charge in [0.25, 0.3) is 0 Å². The number of nitrogens with zero attached hydrogens (tertiary/aromatic N) is 2. The molecule has 0 unspecified atom stereocenters. The van der Waals surface area contributed by atoms with E-state index in [4.69, 9.17) is 0 Å². The Bertz CT molecular complexity index is 580. The van der Waals surface area contributed by atoms with E-state index in [0.29, 0.717) is 20.3 Å². The first-order valence-corrected chi connectivity index (χ1v) is 6.54. The normalized spacial score (nSPS) is 10.4. The Kier molecular flexibility index (Phi) is 4.13. The molecule has 0 bridgehead atoms. The van der Waals surface area contributed by atoms with E-state index in [2.05, 4.69) is 31.2 Å². The molecule has 1 heterocycles. The van der Waals surface area contributed by atoms with E-state index in [-0.39, 0.29) is 0 Å². The van der Waals surface area contributed by atoms with Crippen LogP contribution in [0.15, 0.2) is 38.8 Å². The first-order valence-electron chi connectivity index (χ1n) is 4.93. The molecule has 0 aliphatic rings. The quantitative estimate of drug-likeness (QED) is 0.870. The van der Waals surface area contributed by atoms with Gasteiger partial charge in [0.2, 0.25) is 5.95 Å². The van der Waals surface area contributed by atoms with Gasteiger partial charge in [0.15, 0.2) is 0 Å². The maximum absolute atomic E-state index is 13.5. The second-order valence-corrected chi connectivity index (χ2v) is 5.16. The number of rotatable bonds is 3. The summed E-state index contributed by atoms with van der Waals surface area (Å²) in [5, 5.41) is 3.35. The Balaban J connectivity index is 2.33. The lowest BCUT2D eigenvalue weighted by atomic mass is 10.3. The highest BCUT2D eigenvalue weighted by molar-refractivity contribution is 9.10. The second-order valence-electron chi connectivity index (χ2n) is 3.27. The highest BCUT2D eigenvalue weighted by Crippen LogP contribution is 2.33. The summed E-state index contributed by atoms with van der Waals surface area (Å²) in [6, 6.07) is 3.43. The Labute approximate surface area is 115 Å². The summed E-state index contributed by atoms with van der Waals surface area (Å²) in [7, 11) is 1.69. The lowest BCUT2D eigenvalue weighted by molar-refractivity contribution is 0.565. The molecule has 2 aromatic rings. The molecule has 1 aromatic heterocycles. The van der Waals surface area contributed by atoms with E-state index in [1.54, 1.807) is 13.2 Å². The number of anilines is 1. The zero-order valence-electron chi connectivity index (χ0n) is 9.25. The molecule has 0 fully saturated rings. The minimum Gasteiger partial charge on any atom is -0.357 e. The minimum absolute atomic E-state index is 0.304. The average molecular weight is 332 g/mol. The monoisotopic (exact) mass is 331 g/mol. The third-order valence-corrected chi connectivity index (χ3v) is 3.93. The highest BCUT2D eigenvalue weighted by Gasteiger charge is 2.10. The maximum atomic E-state index is 13.5. The molecule has 0 spiro atoms. The van der Waals surface area contributed by atoms with Gasteiger partial charge < -0.3 is 5.32 Å². The third kappa shape index (κ3) is 2.97. The molecule has 0 radical (unpaired) electrons. The molecule has 1 N–H and O–H groups in total. The van der Waals surface area contributed by atoms with Crippen LogP contribution in [0.3, 0.4) is 0 Å². The van der Waals surface area contributed by atoms with Gasteiger partial charge in [-0.1, -0.05) is 11.8 Å². The number of benzene rings is 1. The van der Waals surface area contributed by atoms with Crippen LogP contribution < -0.4 is 5.32 Å². The van der Waals surface area contributed by atoms with Crippen molar-refractivity contribution in [3.05, 3.63) is 40.5 Å². The van der Waals surface area contributed by atoms with Crippen LogP contribution in [0.4, 0.5) is 14.7 Å². The van der Waals surface area contributed by atoms with Gasteiger partial charge in [-0.3, -0.25) is 0 Å². The van der Waals surface area contributed by atoms with Crippen LogP contribution in [-0.2, 0) is 0 Å². The molecule has 0 aliphatic carbocycles. The Morgan fingerprint density at radius 2 is 2.11 bits per heavy atom. The molecule has 2 rings (SSSR count). The van der Waals surface area contributed by atoms with Crippen molar-refractivity contribution in [3.63, 3.8) is 0 Å². The van der Waals surface area contributed by atoms with Gasteiger partial charge in [0.05, 0.1) is 4.47 Å². The van der Waals surface area contributed by atoms with Crippen molar-refractivity contribution in [3.8, 4) is 0 Å². The standard InChI is InChI=1S/C11H8BrF2N3S/c1-15-11-16-5-7(12)10(17-11)18-9-3-2-6(13)4-8(9)14/h2-5H,1H3,(H,15,16,17). The van der Waals surface area contributed by atoms with Gasteiger partial charge in [-0.25, -0.2) is 18.7 Å². The van der Waals surface area contributed by atoms with E-state index >= 15 is 0 Å². The second kappa shape index (κ2) is 5.62. The number of hydrogen-bond donors (Lipinski definition) is 1. The predicted octanol–water partition coefficient (Wildman–Crippen LogP) is 3.71. The zero-order chi connectivity index (χ0) is 13.1. The summed E-state index contributed by atoms with van der Waals surface area (Å²) < 4.78 is 27.0. The van der Waals surface area contributed by atoms with Crippen LogP contribution >= 0.6 is 27.7 Å². The number of aromatic nitrogens is 2. The van der Waals surface area contributed by atoms with Crippen LogP contribution in [0.1, 0.15) is 0 Å². The van der Waals surface area contributed by atoms with Crippen LogP contribution in [-0.4, -0.2) is 17.0 Å². The molecule has 18 heavy (non-hydrogen) atoms. The Morgan fingerprint density at radius 1 is 1.33 bits per heavy atom. The van der Waals surface area contributed by atoms with Crippen LogP contribution in [0.25, 0.3) is 0 Å². The number of hydrogen-bond acceptors (Lipinski definition) is 4. The summed E-state index contributed by atoms with van der Waals surface area (Å²) in [5.74, 6) is -0.783. The summed E-state index contributed by atoms with van der Waals surface area (Å²) in [4.78, 5) is 8.49. The van der Waals surface area contributed by atoms with Crippen molar-refractivity contribution in [2.24, 2.45) is 0 Å². The van der Waals surface area contributed by atoms with Crippen molar-refractivity contribution in [2.45, 2.75) is 9.92 Å². The van der Waals surface area contributed by atoms with Gasteiger partial charge in [0, 0.05) is 24.2 Å². The maximum Gasteiger partial charge on any atom is 0.223 e. The molecule has 94 valence electrons. The largest absolute Gasteiger partial charge is 0.357 e. The topological polar surface area (TPSA) is 37.8 Å². The van der Waals surface area contributed by atoms with Crippen molar-refractivity contribution in [1.29, 1.82) is 0 Å². The van der Waals surface area contributed by atoms with Crippen LogP contribution in [0.2, 0.25) is 0 Å². The summed E-state index contributed by atoms with van der Waals surface area (Å²) >= 11 is 4.39. The summed E-state index contributed by atoms with van der Waals surface area (Å²) in [5.41, 5.74) is 0. The van der Waals surface area contributed by atoms with E-state index in [9.17, 15) is 8.78 Å². The summed E-state index contributed by atoms with van der Waals surface area (Å²) in [6.45, 7) is 0. The van der Waals surface area contributed by atoms with E-state index in [1.807, 2.05) is 0 Å². The lowest BCUT2D eigenvalue weighted by Gasteiger charge is -2.06. The van der Waals surface area contributed by atoms with Crippen molar-refractivity contribution in [1.82, 2.24) is 9.97 Å². The molecule has 1 aromatic carbocycles. The van der Waals surface area contributed by atoms with Crippen molar-refractivity contribution in [2.75, 3.05) is 12.4 Å². The first kappa shape index (κ1) is 13.2. The first-order chi connectivity index (χ1) is 8.60. The highest BCUT2D eigenvalue weighted by atomic mass is 79.9. The molecule has 0 amide bonds. The molecule has 0 saturated carbocycles. The van der Waals surface area contributed by atoms with Gasteiger partial charge in [-0.05, 0) is 28.1 Å². The molecule has 0 aliphatic heterocycles. The lowest BCUT2D eigenvalue weighted by Crippen LogP contribution is -1.97. The molecular formula is C11H8BrF2N3S. The van der Waals surface area contributed by atoms with Crippen LogP contribution in [0, 0.1) is 11.6 Å². The van der Waals surface area contributed by atoms with Crippen molar-refractivity contribution < 1.29 is 8.78 Å². The average Bonchev–Trinajstić information content (AvgIpc) is 2.35. The third-order valence-electron chi connectivity index (χ3n) is 2.04. The van der Waals surface area contributed by atoms with E-state index in [1.165, 1.54) is 12.1 Å². The van der Waals surface area contributed by atoms with Gasteiger partial charge >= 0.3 is 0 Å². The SMILES string of the molecule is CNc1ncc(Br)c(Sc2ccc(F)cc2F)n1. The smallest absolute Gasteiger partial charge is 0.223 e. The van der Waals surface area contributed by atoms with Gasteiger partial charge in [-0.2, -0.15) is 0 Å². The fourth-order valence-electron chi connectivity index (χ4n) is 1.21. The van der Waals surface area contributed by atoms with E-state index in [0.717, 1.165) is 17.8 Å². The molecule has 3 nitrogen and oxygen atoms in total. The summed E-state index contributed by atoms with van der Waals surface area (Å²) in [6.07, 6.45) is 1.57. The predicted molar refractivity (Wildman–Crippen MR) is 69.8 cm³/mol. The molecular weight excluding hydrogens is 324 g/mol. The van der Waals surface area contributed by atoms with E-state index < -0.39 is 11.6 Å². The fraction of sp³-hybridized carbons (Fsp3) is 0.0909. The number of halogens is 3. The number of nitrogens with one attached hydrogen (secondary N) is 1. The minimum atomic E-state index is -0.614. The molecule has 7 heteroatoms. The molecule has 0 saturated heterocycles. The van der Waals surface area contributed by atoms with Crippen molar-refractivity contribution >= 4 is 33.6 Å². The Morgan fingerprint density at radius 3 is 2.78 bits per heavy atom. The Hall–Kier alpha value is -1.21. The van der Waals surface area contributed by atoms with Gasteiger partial charge in [0.1, 0.15) is 16.7 Å².